The number of nitrogens with two attached hydrogens (primary N) is 1. The third-order valence-corrected chi connectivity index (χ3v) is 5.44. The number of nitrogens with zero attached hydrogens (tertiary/aromatic N) is 5. The Labute approximate surface area is 176 Å². The van der Waals surface area contributed by atoms with Crippen LogP contribution in [0.4, 0.5) is 11.8 Å². The Bertz CT molecular complexity index is 682. The highest BCUT2D eigenvalue weighted by molar-refractivity contribution is 5.85. The molecule has 30 heavy (non-hydrogen) atoms. The van der Waals surface area contributed by atoms with E-state index in [0.29, 0.717) is 45.6 Å². The van der Waals surface area contributed by atoms with Crippen LogP contribution in [0.5, 0.6) is 0 Å². The molecule has 0 atom stereocenters. The van der Waals surface area contributed by atoms with Gasteiger partial charge >= 0.3 is 0 Å². The maximum Gasteiger partial charge on any atom is 0.290 e. The minimum Gasteiger partial charge on any atom is -0.483 e. The van der Waals surface area contributed by atoms with Crippen molar-refractivity contribution < 1.29 is 24.5 Å². The van der Waals surface area contributed by atoms with E-state index in [9.17, 15) is 9.90 Å². The molecule has 2 saturated heterocycles. The van der Waals surface area contributed by atoms with Crippen LogP contribution < -0.4 is 10.6 Å². The highest BCUT2D eigenvalue weighted by atomic mass is 16.5. The van der Waals surface area contributed by atoms with Crippen molar-refractivity contribution in [3.63, 3.8) is 0 Å². The van der Waals surface area contributed by atoms with Crippen molar-refractivity contribution in [1.82, 2.24) is 19.8 Å². The molecule has 4 N–H and O–H groups in total. The largest absolute Gasteiger partial charge is 0.483 e. The molecule has 3 heterocycles. The smallest absolute Gasteiger partial charge is 0.290 e. The highest BCUT2D eigenvalue weighted by Gasteiger charge is 2.42. The van der Waals surface area contributed by atoms with Crippen molar-refractivity contribution in [3.8, 4) is 0 Å². The summed E-state index contributed by atoms with van der Waals surface area (Å²) in [5.41, 5.74) is 5.25. The van der Waals surface area contributed by atoms with Crippen LogP contribution in [0, 0.1) is 6.92 Å². The van der Waals surface area contributed by atoms with Gasteiger partial charge < -0.3 is 30.5 Å². The lowest BCUT2D eigenvalue weighted by molar-refractivity contribution is -0.155. The Balaban J connectivity index is 0.00000101. The van der Waals surface area contributed by atoms with Crippen LogP contribution in [0.2, 0.25) is 0 Å². The van der Waals surface area contributed by atoms with Crippen LogP contribution in [0.25, 0.3) is 0 Å². The van der Waals surface area contributed by atoms with Crippen molar-refractivity contribution in [2.75, 3.05) is 70.2 Å². The molecule has 11 nitrogen and oxygen atoms in total. The summed E-state index contributed by atoms with van der Waals surface area (Å²) in [5, 5.41) is 17.9. The number of carboxylic acid groups (broad SMARTS) is 1. The zero-order valence-corrected chi connectivity index (χ0v) is 17.7. The lowest BCUT2D eigenvalue weighted by Crippen LogP contribution is -2.59. The van der Waals surface area contributed by atoms with Gasteiger partial charge in [-0.3, -0.25) is 14.5 Å². The van der Waals surface area contributed by atoms with Crippen molar-refractivity contribution in [2.45, 2.75) is 25.4 Å². The Morgan fingerprint density at radius 2 is 1.83 bits per heavy atom. The zero-order chi connectivity index (χ0) is 22.1. The summed E-state index contributed by atoms with van der Waals surface area (Å²) in [6, 6.07) is 1.88. The van der Waals surface area contributed by atoms with Gasteiger partial charge in [0.25, 0.3) is 12.4 Å². The van der Waals surface area contributed by atoms with Gasteiger partial charge in [0, 0.05) is 77.5 Å². The Morgan fingerprint density at radius 3 is 2.37 bits per heavy atom. The number of piperidine rings is 1. The van der Waals surface area contributed by atoms with Crippen molar-refractivity contribution >= 4 is 24.1 Å². The Hall–Kier alpha value is -2.50. The molecule has 0 saturated carbocycles. The lowest BCUT2D eigenvalue weighted by Gasteiger charge is -2.42. The van der Waals surface area contributed by atoms with Crippen molar-refractivity contribution in [2.24, 2.45) is 0 Å². The van der Waals surface area contributed by atoms with E-state index in [1.54, 1.807) is 12.0 Å². The van der Waals surface area contributed by atoms with E-state index in [4.69, 9.17) is 20.4 Å². The molecule has 0 aromatic carbocycles. The maximum atomic E-state index is 12.9. The number of aromatic nitrogens is 2. The first-order valence-electron chi connectivity index (χ1n) is 10.00. The van der Waals surface area contributed by atoms with Gasteiger partial charge in [0.15, 0.2) is 0 Å². The lowest BCUT2D eigenvalue weighted by atomic mass is 9.89. The predicted octanol–water partition coefficient (Wildman–Crippen LogP) is -0.810. The van der Waals surface area contributed by atoms with E-state index < -0.39 is 5.60 Å². The summed E-state index contributed by atoms with van der Waals surface area (Å²) in [7, 11) is 1.69. The normalized spacial score (nSPS) is 19.0. The summed E-state index contributed by atoms with van der Waals surface area (Å²) in [5.74, 6) is 0.849. The summed E-state index contributed by atoms with van der Waals surface area (Å²) in [6.45, 7) is 7.25. The zero-order valence-electron chi connectivity index (χ0n) is 17.7. The van der Waals surface area contributed by atoms with E-state index in [-0.39, 0.29) is 18.3 Å². The van der Waals surface area contributed by atoms with Gasteiger partial charge in [0.1, 0.15) is 11.4 Å². The minimum absolute atomic E-state index is 0.146. The molecule has 0 radical (unpaired) electrons. The van der Waals surface area contributed by atoms with Gasteiger partial charge in [-0.15, -0.1) is 0 Å². The molecule has 1 aromatic heterocycles. The Kier molecular flexibility index (Phi) is 8.75. The maximum absolute atomic E-state index is 12.9. The summed E-state index contributed by atoms with van der Waals surface area (Å²) < 4.78 is 5.11. The van der Waals surface area contributed by atoms with Gasteiger partial charge in [-0.1, -0.05) is 0 Å². The van der Waals surface area contributed by atoms with Crippen LogP contribution in [-0.4, -0.2) is 107 Å². The van der Waals surface area contributed by atoms with Crippen molar-refractivity contribution in [3.05, 3.63) is 11.8 Å². The van der Waals surface area contributed by atoms with Crippen LogP contribution in [0.1, 0.15) is 18.5 Å². The second kappa shape index (κ2) is 11.0. The number of nitrogen functional groups attached to an aromatic ring is 1. The number of methoxy groups -OCH3 is 1. The van der Waals surface area contributed by atoms with E-state index >= 15 is 0 Å². The number of aryl methyl sites for hydroxylation is 1. The average molecular weight is 425 g/mol. The summed E-state index contributed by atoms with van der Waals surface area (Å²) in [4.78, 5) is 35.8. The third kappa shape index (κ3) is 6.25. The van der Waals surface area contributed by atoms with Crippen LogP contribution >= 0.6 is 0 Å². The van der Waals surface area contributed by atoms with Gasteiger partial charge in [-0.05, 0) is 6.92 Å². The fraction of sp³-hybridized carbons (Fsp3) is 0.684. The molecule has 1 amide bonds. The van der Waals surface area contributed by atoms with Gasteiger partial charge in [-0.2, -0.15) is 4.98 Å². The van der Waals surface area contributed by atoms with Gasteiger partial charge in [0.05, 0.1) is 6.61 Å². The fourth-order valence-corrected chi connectivity index (χ4v) is 3.75. The molecule has 3 rings (SSSR count). The number of aliphatic hydroxyl groups is 1. The third-order valence-electron chi connectivity index (χ3n) is 5.44. The topological polar surface area (TPSA) is 145 Å². The second-order valence-corrected chi connectivity index (χ2v) is 7.48. The summed E-state index contributed by atoms with van der Waals surface area (Å²) in [6.07, 6.45) is 0.775. The summed E-state index contributed by atoms with van der Waals surface area (Å²) >= 11 is 0. The Morgan fingerprint density at radius 1 is 1.23 bits per heavy atom. The molecule has 168 valence electrons. The average Bonchev–Trinajstić information content (AvgIpc) is 2.72. The first-order valence-corrected chi connectivity index (χ1v) is 10.00. The van der Waals surface area contributed by atoms with Gasteiger partial charge in [-0.25, -0.2) is 4.98 Å². The van der Waals surface area contributed by atoms with E-state index in [1.165, 1.54) is 0 Å². The SMILES string of the molecule is COCCN1CCN(C(=O)C2(O)CCN(c3cc(C)nc(N)n3)CC2)CC1.O=CO. The molecule has 2 aliphatic heterocycles. The number of hydrogen-bond acceptors (Lipinski definition) is 9. The first-order chi connectivity index (χ1) is 14.3. The molecule has 1 aromatic rings. The first kappa shape index (κ1) is 23.8. The number of hydrogen-bond donors (Lipinski definition) is 3. The van der Waals surface area contributed by atoms with E-state index in [2.05, 4.69) is 19.8 Å². The van der Waals surface area contributed by atoms with Crippen LogP contribution in [0.15, 0.2) is 6.07 Å². The van der Waals surface area contributed by atoms with Crippen LogP contribution in [0.3, 0.4) is 0 Å². The predicted molar refractivity (Wildman–Crippen MR) is 111 cm³/mol. The van der Waals surface area contributed by atoms with Gasteiger partial charge in [0.2, 0.25) is 5.95 Å². The molecule has 2 fully saturated rings. The molecule has 11 heteroatoms. The number of carbonyl (C=O) groups is 2. The molecule has 0 aliphatic carbocycles. The number of carbonyl (C=O) groups excluding carboxylic acids is 1. The number of piperazine rings is 1. The molecule has 0 unspecified atom stereocenters. The highest BCUT2D eigenvalue weighted by Crippen LogP contribution is 2.28. The number of rotatable bonds is 5. The number of ether oxygens (including phenoxy) is 1. The van der Waals surface area contributed by atoms with E-state index in [1.807, 2.05) is 13.0 Å². The molecule has 2 aliphatic rings. The van der Waals surface area contributed by atoms with E-state index in [0.717, 1.165) is 31.1 Å². The monoisotopic (exact) mass is 424 g/mol. The standard InChI is InChI=1S/C18H30N6O3.CH2O2/c1-14-13-15(21-17(19)20-14)23-5-3-18(26,4-6-23)16(25)24-9-7-22(8-10-24)11-12-27-2;2-1-3/h13,26H,3-12H2,1-2H3,(H2,19,20,21);1H,(H,2,3). The quantitative estimate of drug-likeness (QED) is 0.513. The van der Waals surface area contributed by atoms with Crippen molar-refractivity contribution in [1.29, 1.82) is 0 Å². The van der Waals surface area contributed by atoms with Crippen LogP contribution in [-0.2, 0) is 14.3 Å². The minimum atomic E-state index is -1.29. The number of anilines is 2. The second-order valence-electron chi connectivity index (χ2n) is 7.48. The molecule has 0 spiro atoms. The molecule has 0 bridgehead atoms. The fourth-order valence-electron chi connectivity index (χ4n) is 3.75. The molecular formula is C19H32N6O5. The molecular weight excluding hydrogens is 392 g/mol. The number of amides is 1.